The molecule has 0 radical (unpaired) electrons. The molecule has 130 valence electrons. The predicted molar refractivity (Wildman–Crippen MR) is 85.8 cm³/mol. The Kier molecular flexibility index (Phi) is 5.11. The molecular weight excluding hydrogens is 353 g/mol. The molecule has 1 aliphatic heterocycles. The van der Waals surface area contributed by atoms with Crippen LogP contribution in [0.3, 0.4) is 0 Å². The van der Waals surface area contributed by atoms with Crippen LogP contribution in [0.4, 0.5) is 19.1 Å². The second-order valence-corrected chi connectivity index (χ2v) is 6.76. The van der Waals surface area contributed by atoms with Crippen LogP contribution in [0.5, 0.6) is 0 Å². The van der Waals surface area contributed by atoms with E-state index in [9.17, 15) is 13.3 Å². The smallest absolute Gasteiger partial charge is 0.355 e. The van der Waals surface area contributed by atoms with Gasteiger partial charge in [0.15, 0.2) is 0 Å². The number of benzene rings is 1. The van der Waals surface area contributed by atoms with Crippen LogP contribution in [0.1, 0.15) is 17.8 Å². The number of nitriles is 1. The van der Waals surface area contributed by atoms with E-state index in [1.165, 1.54) is 30.1 Å². The molecule has 0 N–H and O–H groups in total. The number of hydrogen-bond donors (Lipinski definition) is 0. The molecule has 0 amide bonds. The van der Waals surface area contributed by atoms with Gasteiger partial charge in [-0.15, -0.1) is 16.7 Å². The molecule has 1 aliphatic rings. The van der Waals surface area contributed by atoms with Crippen molar-refractivity contribution in [3.63, 3.8) is 0 Å². The highest BCUT2D eigenvalue weighted by Crippen LogP contribution is 2.40. The lowest BCUT2D eigenvalue weighted by Crippen LogP contribution is -2.22. The van der Waals surface area contributed by atoms with E-state index in [1.54, 1.807) is 12.1 Å². The maximum atomic E-state index is 13.6. The summed E-state index contributed by atoms with van der Waals surface area (Å²) in [7, 11) is 0. The van der Waals surface area contributed by atoms with Crippen LogP contribution >= 0.6 is 11.8 Å². The Bertz CT molecular complexity index is 799. The molecule has 9 heteroatoms. The van der Waals surface area contributed by atoms with Gasteiger partial charge in [0.05, 0.1) is 5.56 Å². The quantitative estimate of drug-likeness (QED) is 0.805. The Morgan fingerprint density at radius 2 is 2.12 bits per heavy atom. The molecule has 1 aromatic heterocycles. The first-order valence-electron chi connectivity index (χ1n) is 7.45. The summed E-state index contributed by atoms with van der Waals surface area (Å²) in [6.07, 6.45) is -1.72. The summed E-state index contributed by atoms with van der Waals surface area (Å²) in [4.78, 5) is 13.0. The third-order valence-electron chi connectivity index (χ3n) is 3.80. The Hall–Kier alpha value is -2.31. The summed E-state index contributed by atoms with van der Waals surface area (Å²) in [5.74, 6) is 0.707. The van der Waals surface area contributed by atoms with Gasteiger partial charge in [0.1, 0.15) is 11.9 Å². The zero-order chi connectivity index (χ0) is 17.9. The molecule has 2 heterocycles. The fraction of sp³-hybridized carbons (Fsp3) is 0.312. The lowest BCUT2D eigenvalue weighted by molar-refractivity contribution is -0.365. The van der Waals surface area contributed by atoms with Crippen molar-refractivity contribution >= 4 is 17.6 Å². The second-order valence-electron chi connectivity index (χ2n) is 5.41. The molecule has 1 saturated heterocycles. The fourth-order valence-electron chi connectivity index (χ4n) is 2.64. The maximum Gasteiger partial charge on any atom is 0.414 e. The van der Waals surface area contributed by atoms with Crippen LogP contribution in [-0.2, 0) is 11.1 Å². The largest absolute Gasteiger partial charge is 0.414 e. The van der Waals surface area contributed by atoms with Crippen LogP contribution in [-0.4, -0.2) is 28.3 Å². The van der Waals surface area contributed by atoms with Crippen molar-refractivity contribution in [2.45, 2.75) is 22.7 Å². The lowest BCUT2D eigenvalue weighted by atomic mass is 10.2. The van der Waals surface area contributed by atoms with Crippen LogP contribution in [0.25, 0.3) is 0 Å². The summed E-state index contributed by atoms with van der Waals surface area (Å²) in [5, 5.41) is 8.90. The lowest BCUT2D eigenvalue weighted by Gasteiger charge is -2.19. The Balaban J connectivity index is 1.73. The van der Waals surface area contributed by atoms with Crippen molar-refractivity contribution in [2.75, 3.05) is 18.0 Å². The van der Waals surface area contributed by atoms with Gasteiger partial charge in [-0.3, -0.25) is 0 Å². The summed E-state index contributed by atoms with van der Waals surface area (Å²) < 4.78 is 39.3. The molecule has 0 spiro atoms. The summed E-state index contributed by atoms with van der Waals surface area (Å²) in [5.41, 5.74) is -0.491. The maximum absolute atomic E-state index is 13.6. The highest BCUT2D eigenvalue weighted by Gasteiger charge is 2.37. The van der Waals surface area contributed by atoms with Crippen LogP contribution in [0.2, 0.25) is 0 Å². The highest BCUT2D eigenvalue weighted by atomic mass is 32.2. The third-order valence-corrected chi connectivity index (χ3v) is 5.13. The van der Waals surface area contributed by atoms with E-state index in [1.807, 2.05) is 11.0 Å². The van der Waals surface area contributed by atoms with Gasteiger partial charge in [0.2, 0.25) is 5.82 Å². The van der Waals surface area contributed by atoms with Gasteiger partial charge >= 0.3 is 6.11 Å². The topological polar surface area (TPSA) is 62.0 Å². The number of aromatic nitrogens is 2. The monoisotopic (exact) mass is 366 g/mol. The molecule has 2 aromatic rings. The number of anilines is 1. The molecule has 1 atom stereocenters. The first-order valence-corrected chi connectivity index (χ1v) is 8.33. The Labute approximate surface area is 146 Å². The van der Waals surface area contributed by atoms with E-state index in [2.05, 4.69) is 14.9 Å². The molecule has 5 nitrogen and oxygen atoms in total. The van der Waals surface area contributed by atoms with Gasteiger partial charge < -0.3 is 4.90 Å². The SMILES string of the molecule is N#Cc1nccc(N2CCC(Sc3ccccc3C(F)(F)OF)C2)n1. The van der Waals surface area contributed by atoms with Gasteiger partial charge in [-0.05, 0) is 29.1 Å². The Morgan fingerprint density at radius 1 is 1.32 bits per heavy atom. The van der Waals surface area contributed by atoms with E-state index in [-0.39, 0.29) is 16.0 Å². The first kappa shape index (κ1) is 17.5. The van der Waals surface area contributed by atoms with Crippen molar-refractivity contribution < 1.29 is 18.2 Å². The molecular formula is C16H13F3N4OS. The second kappa shape index (κ2) is 7.29. The van der Waals surface area contributed by atoms with Crippen LogP contribution < -0.4 is 4.90 Å². The number of hydrogen-bond acceptors (Lipinski definition) is 6. The Morgan fingerprint density at radius 3 is 2.88 bits per heavy atom. The molecule has 0 aliphatic carbocycles. The van der Waals surface area contributed by atoms with Gasteiger partial charge in [0, 0.05) is 29.4 Å². The average molecular weight is 366 g/mol. The standard InChI is InChI=1S/C16H13F3N4OS/c17-16(18,24-19)12-3-1-2-4-13(12)25-11-6-8-23(10-11)15-5-7-21-14(9-20)22-15/h1-5,7,11H,6,8,10H2. The number of rotatable bonds is 5. The number of alkyl halides is 2. The highest BCUT2D eigenvalue weighted by molar-refractivity contribution is 8.00. The zero-order valence-electron chi connectivity index (χ0n) is 12.9. The van der Waals surface area contributed by atoms with Crippen LogP contribution in [0.15, 0.2) is 41.4 Å². The molecule has 3 rings (SSSR count). The van der Waals surface area contributed by atoms with E-state index in [0.717, 1.165) is 12.5 Å². The molecule has 1 aromatic carbocycles. The molecule has 1 fully saturated rings. The normalized spacial score (nSPS) is 17.5. The van der Waals surface area contributed by atoms with Crippen molar-refractivity contribution in [2.24, 2.45) is 0 Å². The van der Waals surface area contributed by atoms with Gasteiger partial charge in [0.25, 0.3) is 0 Å². The van der Waals surface area contributed by atoms with Crippen molar-refractivity contribution in [3.8, 4) is 6.07 Å². The minimum Gasteiger partial charge on any atom is -0.355 e. The number of nitrogens with zero attached hydrogens (tertiary/aromatic N) is 4. The minimum atomic E-state index is -3.98. The predicted octanol–water partition coefficient (Wildman–Crippen LogP) is 3.67. The zero-order valence-corrected chi connectivity index (χ0v) is 13.7. The number of halogens is 3. The van der Waals surface area contributed by atoms with Gasteiger partial charge in [-0.25, -0.2) is 9.97 Å². The van der Waals surface area contributed by atoms with Crippen molar-refractivity contribution in [1.29, 1.82) is 5.26 Å². The van der Waals surface area contributed by atoms with Gasteiger partial charge in [-0.2, -0.15) is 14.0 Å². The van der Waals surface area contributed by atoms with E-state index < -0.39 is 11.7 Å². The average Bonchev–Trinajstić information content (AvgIpc) is 3.10. The summed E-state index contributed by atoms with van der Waals surface area (Å²) in [6, 6.07) is 9.30. The fourth-order valence-corrected chi connectivity index (χ4v) is 3.95. The van der Waals surface area contributed by atoms with E-state index in [4.69, 9.17) is 5.26 Å². The number of thioether (sulfide) groups is 1. The van der Waals surface area contributed by atoms with Crippen LogP contribution in [0, 0.1) is 11.3 Å². The molecule has 0 saturated carbocycles. The summed E-state index contributed by atoms with van der Waals surface area (Å²) >= 11 is 1.25. The molecule has 25 heavy (non-hydrogen) atoms. The van der Waals surface area contributed by atoms with Gasteiger partial charge in [-0.1, -0.05) is 12.1 Å². The third kappa shape index (κ3) is 3.86. The van der Waals surface area contributed by atoms with Crippen molar-refractivity contribution in [1.82, 2.24) is 9.97 Å². The summed E-state index contributed by atoms with van der Waals surface area (Å²) in [6.45, 7) is 1.25. The van der Waals surface area contributed by atoms with E-state index in [0.29, 0.717) is 18.9 Å². The first-order chi connectivity index (χ1) is 12.0. The minimum absolute atomic E-state index is 0.0251. The molecule has 1 unspecified atom stereocenters. The van der Waals surface area contributed by atoms with E-state index >= 15 is 0 Å². The molecule has 0 bridgehead atoms. The van der Waals surface area contributed by atoms with Crippen molar-refractivity contribution in [3.05, 3.63) is 47.9 Å².